The second-order valence-corrected chi connectivity index (χ2v) is 6.70. The van der Waals surface area contributed by atoms with E-state index in [4.69, 9.17) is 4.74 Å². The zero-order valence-electron chi connectivity index (χ0n) is 13.6. The first-order chi connectivity index (χ1) is 10.0. The SMILES string of the molecule is CC(C)(C)NCc1cncc(OCCN2CCCCC2)n1. The molecule has 1 N–H and O–H groups in total. The number of likely N-dealkylation sites (tertiary alicyclic amines) is 1. The van der Waals surface area contributed by atoms with Gasteiger partial charge in [-0.25, -0.2) is 4.98 Å². The minimum Gasteiger partial charge on any atom is -0.475 e. The monoisotopic (exact) mass is 292 g/mol. The molecule has 2 heterocycles. The fourth-order valence-electron chi connectivity index (χ4n) is 2.36. The summed E-state index contributed by atoms with van der Waals surface area (Å²) in [6.45, 7) is 11.2. The maximum absolute atomic E-state index is 5.74. The van der Waals surface area contributed by atoms with Crippen LogP contribution in [0.25, 0.3) is 0 Å². The van der Waals surface area contributed by atoms with Gasteiger partial charge in [0.05, 0.1) is 11.9 Å². The summed E-state index contributed by atoms with van der Waals surface area (Å²) in [6.07, 6.45) is 7.47. The Bertz CT molecular complexity index is 425. The number of hydrogen-bond donors (Lipinski definition) is 1. The molecule has 0 amide bonds. The number of aromatic nitrogens is 2. The maximum atomic E-state index is 5.74. The van der Waals surface area contributed by atoms with Crippen LogP contribution in [-0.4, -0.2) is 46.6 Å². The van der Waals surface area contributed by atoms with E-state index in [9.17, 15) is 0 Å². The number of nitrogens with one attached hydrogen (secondary N) is 1. The minimum absolute atomic E-state index is 0.0762. The average Bonchev–Trinajstić information content (AvgIpc) is 2.46. The summed E-state index contributed by atoms with van der Waals surface area (Å²) in [5, 5.41) is 3.41. The van der Waals surface area contributed by atoms with Gasteiger partial charge in [0.1, 0.15) is 6.61 Å². The minimum atomic E-state index is 0.0762. The van der Waals surface area contributed by atoms with E-state index in [2.05, 4.69) is 41.0 Å². The Morgan fingerprint density at radius 2 is 1.95 bits per heavy atom. The number of nitrogens with zero attached hydrogens (tertiary/aromatic N) is 3. The molecule has 2 rings (SSSR count). The highest BCUT2D eigenvalue weighted by Gasteiger charge is 2.11. The van der Waals surface area contributed by atoms with Crippen LogP contribution in [0.2, 0.25) is 0 Å². The maximum Gasteiger partial charge on any atom is 0.232 e. The standard InChI is InChI=1S/C16H28N4O/c1-16(2,3)18-12-14-11-17-13-15(19-14)21-10-9-20-7-5-4-6-8-20/h11,13,18H,4-10,12H2,1-3H3. The molecule has 0 saturated carbocycles. The number of piperidine rings is 1. The van der Waals surface area contributed by atoms with Gasteiger partial charge in [-0.2, -0.15) is 0 Å². The molecule has 21 heavy (non-hydrogen) atoms. The third-order valence-corrected chi connectivity index (χ3v) is 3.57. The van der Waals surface area contributed by atoms with Crippen molar-refractivity contribution in [2.75, 3.05) is 26.2 Å². The fourth-order valence-corrected chi connectivity index (χ4v) is 2.36. The normalized spacial score (nSPS) is 16.9. The molecule has 1 aliphatic rings. The Kier molecular flexibility index (Phi) is 5.94. The lowest BCUT2D eigenvalue weighted by Crippen LogP contribution is -2.35. The Morgan fingerprint density at radius 3 is 2.67 bits per heavy atom. The van der Waals surface area contributed by atoms with Gasteiger partial charge in [0, 0.05) is 24.8 Å². The highest BCUT2D eigenvalue weighted by atomic mass is 16.5. The summed E-state index contributed by atoms with van der Waals surface area (Å²) in [6, 6.07) is 0. The van der Waals surface area contributed by atoms with Crippen molar-refractivity contribution in [2.24, 2.45) is 0 Å². The lowest BCUT2D eigenvalue weighted by molar-refractivity contribution is 0.180. The Labute approximate surface area is 128 Å². The first kappa shape index (κ1) is 16.2. The van der Waals surface area contributed by atoms with Crippen molar-refractivity contribution in [3.63, 3.8) is 0 Å². The van der Waals surface area contributed by atoms with Crippen LogP contribution in [-0.2, 0) is 6.54 Å². The predicted molar refractivity (Wildman–Crippen MR) is 84.4 cm³/mol. The molecule has 1 aliphatic heterocycles. The molecule has 0 unspecified atom stereocenters. The topological polar surface area (TPSA) is 50.3 Å². The highest BCUT2D eigenvalue weighted by Crippen LogP contribution is 2.10. The van der Waals surface area contributed by atoms with E-state index >= 15 is 0 Å². The van der Waals surface area contributed by atoms with Crippen molar-refractivity contribution in [3.8, 4) is 5.88 Å². The van der Waals surface area contributed by atoms with Gasteiger partial charge in [0.2, 0.25) is 5.88 Å². The molecule has 1 aromatic rings. The van der Waals surface area contributed by atoms with Crippen molar-refractivity contribution < 1.29 is 4.74 Å². The third-order valence-electron chi connectivity index (χ3n) is 3.57. The van der Waals surface area contributed by atoms with Crippen molar-refractivity contribution in [2.45, 2.75) is 52.1 Å². The lowest BCUT2D eigenvalue weighted by Gasteiger charge is -2.26. The van der Waals surface area contributed by atoms with E-state index in [-0.39, 0.29) is 5.54 Å². The smallest absolute Gasteiger partial charge is 0.232 e. The van der Waals surface area contributed by atoms with Crippen LogP contribution in [0, 0.1) is 0 Å². The van der Waals surface area contributed by atoms with Gasteiger partial charge in [-0.05, 0) is 46.7 Å². The van der Waals surface area contributed by atoms with Gasteiger partial charge in [0.25, 0.3) is 0 Å². The summed E-state index contributed by atoms with van der Waals surface area (Å²) in [5.74, 6) is 0.625. The third kappa shape index (κ3) is 6.40. The van der Waals surface area contributed by atoms with Gasteiger partial charge >= 0.3 is 0 Å². The van der Waals surface area contributed by atoms with Crippen LogP contribution in [0.1, 0.15) is 45.7 Å². The van der Waals surface area contributed by atoms with Crippen molar-refractivity contribution in [1.82, 2.24) is 20.2 Å². The fraction of sp³-hybridized carbons (Fsp3) is 0.750. The molecule has 0 atom stereocenters. The van der Waals surface area contributed by atoms with Gasteiger partial charge in [-0.1, -0.05) is 6.42 Å². The second kappa shape index (κ2) is 7.71. The highest BCUT2D eigenvalue weighted by molar-refractivity contribution is 5.08. The van der Waals surface area contributed by atoms with Crippen LogP contribution in [0.5, 0.6) is 5.88 Å². The molecule has 0 spiro atoms. The Hall–Kier alpha value is -1.20. The molecular formula is C16H28N4O. The van der Waals surface area contributed by atoms with E-state index in [1.54, 1.807) is 12.4 Å². The second-order valence-electron chi connectivity index (χ2n) is 6.70. The zero-order chi connectivity index (χ0) is 15.1. The summed E-state index contributed by atoms with van der Waals surface area (Å²) in [5.41, 5.74) is 0.993. The first-order valence-electron chi connectivity index (χ1n) is 7.94. The molecular weight excluding hydrogens is 264 g/mol. The molecule has 1 fully saturated rings. The number of hydrogen-bond acceptors (Lipinski definition) is 5. The largest absolute Gasteiger partial charge is 0.475 e. The molecule has 1 aromatic heterocycles. The van der Waals surface area contributed by atoms with Crippen molar-refractivity contribution in [3.05, 3.63) is 18.1 Å². The average molecular weight is 292 g/mol. The van der Waals surface area contributed by atoms with Crippen LogP contribution >= 0.6 is 0 Å². The van der Waals surface area contributed by atoms with E-state index in [0.717, 1.165) is 12.2 Å². The summed E-state index contributed by atoms with van der Waals surface area (Å²) in [4.78, 5) is 11.2. The molecule has 1 saturated heterocycles. The van der Waals surface area contributed by atoms with E-state index in [1.807, 2.05) is 0 Å². The van der Waals surface area contributed by atoms with Crippen molar-refractivity contribution >= 4 is 0 Å². The lowest BCUT2D eigenvalue weighted by atomic mass is 10.1. The van der Waals surface area contributed by atoms with E-state index in [1.165, 1.54) is 32.4 Å². The van der Waals surface area contributed by atoms with Crippen LogP contribution < -0.4 is 10.1 Å². The molecule has 0 aliphatic carbocycles. The zero-order valence-corrected chi connectivity index (χ0v) is 13.6. The molecule has 0 bridgehead atoms. The van der Waals surface area contributed by atoms with E-state index in [0.29, 0.717) is 19.0 Å². The Balaban J connectivity index is 1.75. The molecule has 118 valence electrons. The Morgan fingerprint density at radius 1 is 1.19 bits per heavy atom. The van der Waals surface area contributed by atoms with Crippen LogP contribution in [0.3, 0.4) is 0 Å². The number of rotatable bonds is 6. The van der Waals surface area contributed by atoms with Gasteiger partial charge in [-0.3, -0.25) is 9.88 Å². The summed E-state index contributed by atoms with van der Waals surface area (Å²) < 4.78 is 5.74. The van der Waals surface area contributed by atoms with Crippen LogP contribution in [0.15, 0.2) is 12.4 Å². The summed E-state index contributed by atoms with van der Waals surface area (Å²) >= 11 is 0. The van der Waals surface area contributed by atoms with Gasteiger partial charge < -0.3 is 10.1 Å². The molecule has 5 nitrogen and oxygen atoms in total. The molecule has 0 aromatic carbocycles. The number of ether oxygens (including phenoxy) is 1. The van der Waals surface area contributed by atoms with Gasteiger partial charge in [0.15, 0.2) is 0 Å². The van der Waals surface area contributed by atoms with E-state index < -0.39 is 0 Å². The molecule has 0 radical (unpaired) electrons. The quantitative estimate of drug-likeness (QED) is 0.871. The molecule has 5 heteroatoms. The first-order valence-corrected chi connectivity index (χ1v) is 7.94. The predicted octanol–water partition coefficient (Wildman–Crippen LogP) is 2.23. The van der Waals surface area contributed by atoms with Gasteiger partial charge in [-0.15, -0.1) is 0 Å². The summed E-state index contributed by atoms with van der Waals surface area (Å²) in [7, 11) is 0. The van der Waals surface area contributed by atoms with Crippen LogP contribution in [0.4, 0.5) is 0 Å². The van der Waals surface area contributed by atoms with Crippen molar-refractivity contribution in [1.29, 1.82) is 0 Å².